The van der Waals surface area contributed by atoms with Crippen molar-refractivity contribution in [1.29, 1.82) is 0 Å². The Bertz CT molecular complexity index is 843. The van der Waals surface area contributed by atoms with Crippen LogP contribution >= 0.6 is 0 Å². The van der Waals surface area contributed by atoms with Crippen LogP contribution in [0.15, 0.2) is 57.7 Å². The SMILES string of the molecule is Cc1ccc(C(C)C)c2oc(=O)cc(-c3ccccc3)c12. The van der Waals surface area contributed by atoms with E-state index in [1.165, 1.54) is 0 Å². The van der Waals surface area contributed by atoms with E-state index in [4.69, 9.17) is 4.42 Å². The van der Waals surface area contributed by atoms with Crippen LogP contribution in [-0.2, 0) is 0 Å². The molecular weight excluding hydrogens is 260 g/mol. The molecule has 1 heterocycles. The van der Waals surface area contributed by atoms with E-state index in [9.17, 15) is 4.79 Å². The van der Waals surface area contributed by atoms with E-state index in [0.717, 1.165) is 33.2 Å². The molecule has 1 aromatic heterocycles. The molecule has 0 saturated heterocycles. The van der Waals surface area contributed by atoms with E-state index in [1.54, 1.807) is 6.07 Å². The Morgan fingerprint density at radius 1 is 1.00 bits per heavy atom. The predicted octanol–water partition coefficient (Wildman–Crippen LogP) is 4.89. The van der Waals surface area contributed by atoms with Crippen molar-refractivity contribution in [2.75, 3.05) is 0 Å². The number of rotatable bonds is 2. The lowest BCUT2D eigenvalue weighted by molar-refractivity contribution is 0.554. The van der Waals surface area contributed by atoms with E-state index in [0.29, 0.717) is 5.92 Å². The van der Waals surface area contributed by atoms with Crippen molar-refractivity contribution in [3.05, 3.63) is 70.1 Å². The second-order valence-corrected chi connectivity index (χ2v) is 5.68. The lowest BCUT2D eigenvalue weighted by atomic mass is 9.93. The van der Waals surface area contributed by atoms with Gasteiger partial charge in [0, 0.05) is 17.0 Å². The van der Waals surface area contributed by atoms with Crippen LogP contribution in [0.5, 0.6) is 0 Å². The Balaban J connectivity index is 2.46. The molecule has 0 bridgehead atoms. The Labute approximate surface area is 124 Å². The van der Waals surface area contributed by atoms with Gasteiger partial charge in [-0.3, -0.25) is 0 Å². The summed E-state index contributed by atoms with van der Waals surface area (Å²) in [4.78, 5) is 12.0. The van der Waals surface area contributed by atoms with Crippen molar-refractivity contribution < 1.29 is 4.42 Å². The molecule has 0 aliphatic heterocycles. The van der Waals surface area contributed by atoms with Gasteiger partial charge in [0.05, 0.1) is 0 Å². The van der Waals surface area contributed by atoms with Crippen LogP contribution in [0.25, 0.3) is 22.1 Å². The summed E-state index contributed by atoms with van der Waals surface area (Å²) >= 11 is 0. The standard InChI is InChI=1S/C19H18O2/c1-12(2)15-10-9-13(3)18-16(11-17(20)21-19(15)18)14-7-5-4-6-8-14/h4-12H,1-3H3. The van der Waals surface area contributed by atoms with Crippen molar-refractivity contribution in [1.82, 2.24) is 0 Å². The average molecular weight is 278 g/mol. The lowest BCUT2D eigenvalue weighted by Gasteiger charge is -2.13. The number of benzene rings is 2. The molecule has 0 spiro atoms. The largest absolute Gasteiger partial charge is 0.422 e. The number of fused-ring (bicyclic) bond motifs is 1. The first-order valence-corrected chi connectivity index (χ1v) is 7.20. The van der Waals surface area contributed by atoms with Gasteiger partial charge in [0.2, 0.25) is 0 Å². The molecule has 3 rings (SSSR count). The van der Waals surface area contributed by atoms with Crippen LogP contribution in [0.1, 0.15) is 30.9 Å². The summed E-state index contributed by atoms with van der Waals surface area (Å²) in [7, 11) is 0. The van der Waals surface area contributed by atoms with Gasteiger partial charge < -0.3 is 4.42 Å². The molecule has 21 heavy (non-hydrogen) atoms. The maximum atomic E-state index is 12.0. The minimum absolute atomic E-state index is 0.297. The van der Waals surface area contributed by atoms with Gasteiger partial charge in [0.25, 0.3) is 0 Å². The first-order valence-electron chi connectivity index (χ1n) is 7.20. The second-order valence-electron chi connectivity index (χ2n) is 5.68. The third-order valence-electron chi connectivity index (χ3n) is 3.84. The van der Waals surface area contributed by atoms with Crippen molar-refractivity contribution in [3.8, 4) is 11.1 Å². The van der Waals surface area contributed by atoms with Crippen LogP contribution in [0.2, 0.25) is 0 Å². The third kappa shape index (κ3) is 2.38. The minimum atomic E-state index is -0.297. The molecule has 3 aromatic rings. The van der Waals surface area contributed by atoms with E-state index in [1.807, 2.05) is 30.3 Å². The first-order chi connectivity index (χ1) is 10.1. The summed E-state index contributed by atoms with van der Waals surface area (Å²) in [6, 6.07) is 15.7. The highest BCUT2D eigenvalue weighted by Gasteiger charge is 2.15. The van der Waals surface area contributed by atoms with Crippen LogP contribution in [0.4, 0.5) is 0 Å². The third-order valence-corrected chi connectivity index (χ3v) is 3.84. The molecule has 0 unspecified atom stereocenters. The summed E-state index contributed by atoms with van der Waals surface area (Å²) in [6.07, 6.45) is 0. The van der Waals surface area contributed by atoms with E-state index < -0.39 is 0 Å². The van der Waals surface area contributed by atoms with Gasteiger partial charge in [0.15, 0.2) is 0 Å². The molecule has 0 aliphatic carbocycles. The molecule has 0 radical (unpaired) electrons. The monoisotopic (exact) mass is 278 g/mol. The van der Waals surface area contributed by atoms with Crippen molar-refractivity contribution >= 4 is 11.0 Å². The molecule has 0 aliphatic rings. The molecule has 0 N–H and O–H groups in total. The average Bonchev–Trinajstić information content (AvgIpc) is 2.47. The predicted molar refractivity (Wildman–Crippen MR) is 86.7 cm³/mol. The highest BCUT2D eigenvalue weighted by Crippen LogP contribution is 2.33. The maximum absolute atomic E-state index is 12.0. The summed E-state index contributed by atoms with van der Waals surface area (Å²) in [6.45, 7) is 6.28. The van der Waals surface area contributed by atoms with Gasteiger partial charge in [-0.25, -0.2) is 4.79 Å². The van der Waals surface area contributed by atoms with Gasteiger partial charge in [-0.2, -0.15) is 0 Å². The van der Waals surface area contributed by atoms with Crippen molar-refractivity contribution in [3.63, 3.8) is 0 Å². The van der Waals surface area contributed by atoms with E-state index >= 15 is 0 Å². The topological polar surface area (TPSA) is 30.2 Å². The number of aryl methyl sites for hydroxylation is 1. The Kier molecular flexibility index (Phi) is 3.38. The van der Waals surface area contributed by atoms with Crippen LogP contribution in [0.3, 0.4) is 0 Å². The lowest BCUT2D eigenvalue weighted by Crippen LogP contribution is -2.02. The van der Waals surface area contributed by atoms with Crippen molar-refractivity contribution in [2.24, 2.45) is 0 Å². The maximum Gasteiger partial charge on any atom is 0.336 e. The summed E-state index contributed by atoms with van der Waals surface area (Å²) < 4.78 is 5.54. The molecule has 2 heteroatoms. The zero-order chi connectivity index (χ0) is 15.0. The van der Waals surface area contributed by atoms with E-state index in [2.05, 4.69) is 32.9 Å². The molecule has 0 fully saturated rings. The van der Waals surface area contributed by atoms with Gasteiger partial charge in [0.1, 0.15) is 5.58 Å². The fraction of sp³-hybridized carbons (Fsp3) is 0.211. The zero-order valence-electron chi connectivity index (χ0n) is 12.5. The molecule has 0 amide bonds. The zero-order valence-corrected chi connectivity index (χ0v) is 12.5. The Hall–Kier alpha value is -2.35. The van der Waals surface area contributed by atoms with Crippen LogP contribution in [0, 0.1) is 6.92 Å². The summed E-state index contributed by atoms with van der Waals surface area (Å²) in [5.41, 5.74) is 4.61. The smallest absolute Gasteiger partial charge is 0.336 e. The molecule has 0 saturated carbocycles. The first kappa shape index (κ1) is 13.6. The van der Waals surface area contributed by atoms with E-state index in [-0.39, 0.29) is 5.63 Å². The van der Waals surface area contributed by atoms with Gasteiger partial charge in [-0.05, 0) is 29.5 Å². The molecule has 106 valence electrons. The fourth-order valence-electron chi connectivity index (χ4n) is 2.76. The van der Waals surface area contributed by atoms with Crippen LogP contribution < -0.4 is 5.63 Å². The summed E-state index contributed by atoms with van der Waals surface area (Å²) in [5, 5.41) is 1.03. The Morgan fingerprint density at radius 2 is 1.71 bits per heavy atom. The summed E-state index contributed by atoms with van der Waals surface area (Å²) in [5.74, 6) is 0.308. The van der Waals surface area contributed by atoms with Crippen molar-refractivity contribution in [2.45, 2.75) is 26.7 Å². The molecule has 2 nitrogen and oxygen atoms in total. The highest BCUT2D eigenvalue weighted by molar-refractivity contribution is 5.97. The number of hydrogen-bond acceptors (Lipinski definition) is 2. The van der Waals surface area contributed by atoms with Gasteiger partial charge in [-0.1, -0.05) is 56.3 Å². The minimum Gasteiger partial charge on any atom is -0.422 e. The fourth-order valence-corrected chi connectivity index (χ4v) is 2.76. The molecular formula is C19H18O2. The highest BCUT2D eigenvalue weighted by atomic mass is 16.4. The van der Waals surface area contributed by atoms with Crippen LogP contribution in [-0.4, -0.2) is 0 Å². The molecule has 0 atom stereocenters. The van der Waals surface area contributed by atoms with Gasteiger partial charge >= 0.3 is 5.63 Å². The molecule has 2 aromatic carbocycles. The number of hydrogen-bond donors (Lipinski definition) is 0. The van der Waals surface area contributed by atoms with Gasteiger partial charge in [-0.15, -0.1) is 0 Å². The quantitative estimate of drug-likeness (QED) is 0.625. The Morgan fingerprint density at radius 3 is 2.38 bits per heavy atom. The normalized spacial score (nSPS) is 11.2. The second kappa shape index (κ2) is 5.21.